The number of amides is 1. The van der Waals surface area contributed by atoms with E-state index in [1.54, 1.807) is 0 Å². The van der Waals surface area contributed by atoms with Crippen LogP contribution >= 0.6 is 12.4 Å². The van der Waals surface area contributed by atoms with E-state index in [0.717, 1.165) is 56.2 Å². The minimum Gasteiger partial charge on any atom is -0.348 e. The van der Waals surface area contributed by atoms with Crippen LogP contribution in [0.15, 0.2) is 24.3 Å². The molecule has 0 radical (unpaired) electrons. The summed E-state index contributed by atoms with van der Waals surface area (Å²) < 4.78 is 1.98. The second kappa shape index (κ2) is 8.44. The van der Waals surface area contributed by atoms with E-state index in [1.807, 2.05) is 4.68 Å². The Labute approximate surface area is 167 Å². The second-order valence-electron chi connectivity index (χ2n) is 7.57. The van der Waals surface area contributed by atoms with Gasteiger partial charge in [0.2, 0.25) is 0 Å². The van der Waals surface area contributed by atoms with Crippen LogP contribution in [-0.2, 0) is 19.3 Å². The zero-order valence-electron chi connectivity index (χ0n) is 15.9. The molecule has 0 aliphatic heterocycles. The molecule has 1 heterocycles. The molecule has 0 spiro atoms. The van der Waals surface area contributed by atoms with Crippen molar-refractivity contribution in [3.63, 3.8) is 0 Å². The van der Waals surface area contributed by atoms with Gasteiger partial charge in [-0.3, -0.25) is 4.79 Å². The molecule has 2 aliphatic rings. The molecule has 1 aromatic heterocycles. The highest BCUT2D eigenvalue weighted by Crippen LogP contribution is 2.29. The first-order valence-electron chi connectivity index (χ1n) is 9.92. The zero-order valence-corrected chi connectivity index (χ0v) is 16.7. The lowest BCUT2D eigenvalue weighted by molar-refractivity contribution is 0.0922. The number of nitrogens with one attached hydrogen (secondary N) is 1. The van der Waals surface area contributed by atoms with Gasteiger partial charge in [0.1, 0.15) is 0 Å². The summed E-state index contributed by atoms with van der Waals surface area (Å²) in [6.07, 6.45) is 7.32. The summed E-state index contributed by atoms with van der Waals surface area (Å²) in [5.74, 6) is 0.369. The molecule has 6 heteroatoms. The summed E-state index contributed by atoms with van der Waals surface area (Å²) >= 11 is 0. The van der Waals surface area contributed by atoms with Gasteiger partial charge in [-0.25, -0.2) is 4.68 Å². The molecule has 2 aromatic rings. The number of fused-ring (bicyclic) bond motifs is 1. The number of nitrogens with two attached hydrogens (primary N) is 1. The van der Waals surface area contributed by atoms with E-state index in [1.165, 1.54) is 11.3 Å². The maximum absolute atomic E-state index is 12.9. The molecule has 27 heavy (non-hydrogen) atoms. The Balaban J connectivity index is 0.00000210. The van der Waals surface area contributed by atoms with Crippen molar-refractivity contribution in [2.45, 2.75) is 57.9 Å². The van der Waals surface area contributed by atoms with Crippen molar-refractivity contribution >= 4 is 18.3 Å². The monoisotopic (exact) mass is 388 g/mol. The first kappa shape index (κ1) is 19.9. The second-order valence-corrected chi connectivity index (χ2v) is 7.57. The Morgan fingerprint density at radius 3 is 2.70 bits per heavy atom. The van der Waals surface area contributed by atoms with Gasteiger partial charge in [0, 0.05) is 17.3 Å². The summed E-state index contributed by atoms with van der Waals surface area (Å²) in [6, 6.07) is 8.69. The molecule has 2 atom stereocenters. The Hall–Kier alpha value is -1.85. The molecule has 4 rings (SSSR count). The molecule has 2 unspecified atom stereocenters. The highest BCUT2D eigenvalue weighted by atomic mass is 35.5. The van der Waals surface area contributed by atoms with Crippen LogP contribution in [0.25, 0.3) is 5.69 Å². The first-order valence-corrected chi connectivity index (χ1v) is 9.92. The predicted octanol–water partition coefficient (Wildman–Crippen LogP) is 3.20. The number of hydrogen-bond donors (Lipinski definition) is 2. The summed E-state index contributed by atoms with van der Waals surface area (Å²) in [4.78, 5) is 12.9. The van der Waals surface area contributed by atoms with E-state index >= 15 is 0 Å². The number of carbonyl (C=O) groups excluding carboxylic acids is 1. The van der Waals surface area contributed by atoms with E-state index in [-0.39, 0.29) is 24.4 Å². The fourth-order valence-corrected chi connectivity index (χ4v) is 4.45. The van der Waals surface area contributed by atoms with E-state index < -0.39 is 0 Å². The highest BCUT2D eigenvalue weighted by molar-refractivity contribution is 5.94. The van der Waals surface area contributed by atoms with Gasteiger partial charge >= 0.3 is 0 Å². The minimum absolute atomic E-state index is 0. The van der Waals surface area contributed by atoms with E-state index in [0.29, 0.717) is 18.2 Å². The zero-order chi connectivity index (χ0) is 18.1. The molecular weight excluding hydrogens is 360 g/mol. The molecule has 1 fully saturated rings. The van der Waals surface area contributed by atoms with Crippen LogP contribution in [0.1, 0.15) is 59.9 Å². The van der Waals surface area contributed by atoms with Crippen LogP contribution in [0.2, 0.25) is 0 Å². The van der Waals surface area contributed by atoms with Crippen molar-refractivity contribution in [3.8, 4) is 5.69 Å². The first-order chi connectivity index (χ1) is 12.7. The Morgan fingerprint density at radius 1 is 1.22 bits per heavy atom. The molecule has 1 aromatic carbocycles. The lowest BCUT2D eigenvalue weighted by Gasteiger charge is -2.19. The van der Waals surface area contributed by atoms with Crippen molar-refractivity contribution in [2.24, 2.45) is 11.7 Å². The predicted molar refractivity (Wildman–Crippen MR) is 110 cm³/mol. The third kappa shape index (κ3) is 3.76. The fourth-order valence-electron chi connectivity index (χ4n) is 4.45. The van der Waals surface area contributed by atoms with Crippen LogP contribution in [0.4, 0.5) is 0 Å². The lowest BCUT2D eigenvalue weighted by Crippen LogP contribution is -2.40. The standard InChI is InChI=1S/C21H28N4O.ClH/c1-2-14-9-11-16(12-10-14)25-19-8-4-6-17(19)20(24-25)21(26)23-18-7-3-5-15(18)13-22;/h9-12,15,18H,2-8,13,22H2,1H3,(H,23,26);1H. The van der Waals surface area contributed by atoms with Crippen molar-refractivity contribution in [3.05, 3.63) is 46.8 Å². The van der Waals surface area contributed by atoms with Crippen LogP contribution in [0.3, 0.4) is 0 Å². The number of aryl methyl sites for hydroxylation is 1. The lowest BCUT2D eigenvalue weighted by atomic mass is 10.0. The largest absolute Gasteiger partial charge is 0.348 e. The quantitative estimate of drug-likeness (QED) is 0.826. The summed E-state index contributed by atoms with van der Waals surface area (Å²) in [5, 5.41) is 7.94. The van der Waals surface area contributed by atoms with E-state index in [2.05, 4.69) is 36.5 Å². The van der Waals surface area contributed by atoms with Gasteiger partial charge in [-0.2, -0.15) is 5.10 Å². The van der Waals surface area contributed by atoms with E-state index in [4.69, 9.17) is 10.8 Å². The van der Waals surface area contributed by atoms with Crippen LogP contribution in [0.5, 0.6) is 0 Å². The molecule has 3 N–H and O–H groups in total. The van der Waals surface area contributed by atoms with Gasteiger partial charge < -0.3 is 11.1 Å². The number of benzene rings is 1. The molecule has 0 bridgehead atoms. The van der Waals surface area contributed by atoms with Crippen molar-refractivity contribution in [1.29, 1.82) is 0 Å². The summed E-state index contributed by atoms with van der Waals surface area (Å²) in [5.41, 5.74) is 11.1. The minimum atomic E-state index is -0.0302. The third-order valence-electron chi connectivity index (χ3n) is 6.01. The maximum atomic E-state index is 12.9. The molecule has 0 saturated heterocycles. The Kier molecular flexibility index (Phi) is 6.22. The van der Waals surface area contributed by atoms with Crippen LogP contribution in [-0.4, -0.2) is 28.3 Å². The molecule has 2 aliphatic carbocycles. The van der Waals surface area contributed by atoms with Gasteiger partial charge in [0.25, 0.3) is 5.91 Å². The molecule has 5 nitrogen and oxygen atoms in total. The fraction of sp³-hybridized carbons (Fsp3) is 0.524. The number of hydrogen-bond acceptors (Lipinski definition) is 3. The molecule has 1 saturated carbocycles. The molecule has 146 valence electrons. The smallest absolute Gasteiger partial charge is 0.272 e. The SMILES string of the molecule is CCc1ccc(-n2nc(C(=O)NC3CCCC3CN)c3c2CCC3)cc1.Cl. The number of rotatable bonds is 5. The Bertz CT molecular complexity index is 799. The maximum Gasteiger partial charge on any atom is 0.272 e. The number of nitrogens with zero attached hydrogens (tertiary/aromatic N) is 2. The summed E-state index contributed by atoms with van der Waals surface area (Å²) in [6.45, 7) is 2.79. The van der Waals surface area contributed by atoms with Crippen molar-refractivity contribution < 1.29 is 4.79 Å². The van der Waals surface area contributed by atoms with Gasteiger partial charge in [0.15, 0.2) is 5.69 Å². The molecular formula is C21H29ClN4O. The van der Waals surface area contributed by atoms with Gasteiger partial charge in [-0.15, -0.1) is 12.4 Å². The third-order valence-corrected chi connectivity index (χ3v) is 6.01. The van der Waals surface area contributed by atoms with Crippen LogP contribution < -0.4 is 11.1 Å². The van der Waals surface area contributed by atoms with Crippen LogP contribution in [0, 0.1) is 5.92 Å². The normalized spacial score (nSPS) is 21.0. The average Bonchev–Trinajstić information content (AvgIpc) is 3.38. The van der Waals surface area contributed by atoms with Gasteiger partial charge in [0.05, 0.1) is 5.69 Å². The van der Waals surface area contributed by atoms with Crippen molar-refractivity contribution in [1.82, 2.24) is 15.1 Å². The van der Waals surface area contributed by atoms with Gasteiger partial charge in [-0.1, -0.05) is 25.5 Å². The molecule has 1 amide bonds. The number of aromatic nitrogens is 2. The average molecular weight is 389 g/mol. The highest BCUT2D eigenvalue weighted by Gasteiger charge is 2.31. The Morgan fingerprint density at radius 2 is 2.00 bits per heavy atom. The number of carbonyl (C=O) groups is 1. The topological polar surface area (TPSA) is 72.9 Å². The van der Waals surface area contributed by atoms with E-state index in [9.17, 15) is 4.79 Å². The van der Waals surface area contributed by atoms with Crippen molar-refractivity contribution in [2.75, 3.05) is 6.54 Å². The van der Waals surface area contributed by atoms with Gasteiger partial charge in [-0.05, 0) is 68.7 Å². The summed E-state index contributed by atoms with van der Waals surface area (Å²) in [7, 11) is 0. The number of halogens is 1.